The molecule has 1 saturated carbocycles. The second-order valence-corrected chi connectivity index (χ2v) is 10.1. The van der Waals surface area contributed by atoms with Crippen LogP contribution in [0.25, 0.3) is 22.5 Å². The van der Waals surface area contributed by atoms with Gasteiger partial charge in [-0.25, -0.2) is 4.98 Å². The molecule has 1 fully saturated rings. The molecule has 0 spiro atoms. The van der Waals surface area contributed by atoms with Crippen LogP contribution in [0.3, 0.4) is 0 Å². The molecule has 36 heavy (non-hydrogen) atoms. The number of aromatic amines is 1. The zero-order valence-corrected chi connectivity index (χ0v) is 21.2. The molecule has 4 aromatic rings. The normalized spacial score (nSPS) is 15.9. The first-order chi connectivity index (χ1) is 17.7. The molecule has 8 heteroatoms. The fourth-order valence-corrected chi connectivity index (χ4v) is 5.32. The molecule has 2 aromatic heterocycles. The summed E-state index contributed by atoms with van der Waals surface area (Å²) in [5, 5.41) is 14.7. The van der Waals surface area contributed by atoms with Crippen LogP contribution < -0.4 is 4.90 Å². The van der Waals surface area contributed by atoms with E-state index in [1.807, 2.05) is 12.1 Å². The largest absolute Gasteiger partial charge is 0.342 e. The van der Waals surface area contributed by atoms with E-state index in [1.54, 1.807) is 0 Å². The highest BCUT2D eigenvalue weighted by Crippen LogP contribution is 2.35. The van der Waals surface area contributed by atoms with Gasteiger partial charge in [-0.2, -0.15) is 5.21 Å². The molecular weight excluding hydrogens is 448 g/mol. The van der Waals surface area contributed by atoms with Gasteiger partial charge in [0.25, 0.3) is 0 Å². The molecule has 8 nitrogen and oxygen atoms in total. The summed E-state index contributed by atoms with van der Waals surface area (Å²) in [5.41, 5.74) is 5.89. The summed E-state index contributed by atoms with van der Waals surface area (Å²) in [6, 6.07) is 17.1. The molecule has 0 atom stereocenters. The van der Waals surface area contributed by atoms with Crippen LogP contribution in [0.2, 0.25) is 0 Å². The average molecular weight is 483 g/mol. The first-order valence-corrected chi connectivity index (χ1v) is 13.2. The highest BCUT2D eigenvalue weighted by Gasteiger charge is 2.32. The van der Waals surface area contributed by atoms with Gasteiger partial charge in [-0.05, 0) is 54.0 Å². The van der Waals surface area contributed by atoms with E-state index < -0.39 is 0 Å². The Morgan fingerprint density at radius 3 is 2.50 bits per heavy atom. The van der Waals surface area contributed by atoms with Crippen molar-refractivity contribution in [3.05, 3.63) is 65.6 Å². The third kappa shape index (κ3) is 4.53. The maximum Gasteiger partial charge on any atom is 0.205 e. The van der Waals surface area contributed by atoms with Crippen molar-refractivity contribution in [3.63, 3.8) is 0 Å². The highest BCUT2D eigenvalue weighted by atomic mass is 15.5. The van der Waals surface area contributed by atoms with Gasteiger partial charge in [0.2, 0.25) is 5.82 Å². The monoisotopic (exact) mass is 482 g/mol. The molecular formula is C28H34N8. The van der Waals surface area contributed by atoms with Crippen LogP contribution in [0.4, 0.5) is 5.82 Å². The van der Waals surface area contributed by atoms with E-state index in [2.05, 4.69) is 85.2 Å². The van der Waals surface area contributed by atoms with E-state index in [9.17, 15) is 0 Å². The molecule has 0 saturated heterocycles. The Hall–Kier alpha value is -3.52. The Bertz CT molecular complexity index is 1300. The molecule has 3 heterocycles. The average Bonchev–Trinajstić information content (AvgIpc) is 3.42. The molecule has 1 aliphatic heterocycles. The Morgan fingerprint density at radius 1 is 1.00 bits per heavy atom. The van der Waals surface area contributed by atoms with E-state index in [1.165, 1.54) is 42.3 Å². The number of fused-ring (bicyclic) bond motifs is 1. The zero-order valence-electron chi connectivity index (χ0n) is 21.2. The van der Waals surface area contributed by atoms with E-state index in [0.717, 1.165) is 61.8 Å². The van der Waals surface area contributed by atoms with Crippen LogP contribution in [-0.4, -0.2) is 54.8 Å². The van der Waals surface area contributed by atoms with Gasteiger partial charge in [0.15, 0.2) is 5.82 Å². The molecule has 2 aliphatic rings. The smallest absolute Gasteiger partial charge is 0.205 e. The van der Waals surface area contributed by atoms with Crippen LogP contribution in [0.5, 0.6) is 0 Å². The van der Waals surface area contributed by atoms with Gasteiger partial charge < -0.3 is 9.47 Å². The number of aryl methyl sites for hydroxylation is 1. The van der Waals surface area contributed by atoms with Gasteiger partial charge >= 0.3 is 0 Å². The van der Waals surface area contributed by atoms with Crippen LogP contribution in [0.15, 0.2) is 48.5 Å². The number of benzene rings is 2. The summed E-state index contributed by atoms with van der Waals surface area (Å²) in [6.07, 6.45) is 4.87. The SMILES string of the molecule is CCCc1nc2c(n1Cc1ccc(-c3ccccc3-c3nn[nH]n3)cc1)CN(CC1CC1)CN2CC. The summed E-state index contributed by atoms with van der Waals surface area (Å²) in [5.74, 6) is 3.90. The van der Waals surface area contributed by atoms with Crippen LogP contribution in [0.1, 0.15) is 50.2 Å². The number of anilines is 1. The molecule has 1 N–H and O–H groups in total. The van der Waals surface area contributed by atoms with E-state index in [-0.39, 0.29) is 0 Å². The number of imidazole rings is 1. The van der Waals surface area contributed by atoms with Gasteiger partial charge in [-0.15, -0.1) is 10.2 Å². The summed E-state index contributed by atoms with van der Waals surface area (Å²) in [6.45, 7) is 9.52. The first kappa shape index (κ1) is 22.9. The number of tetrazole rings is 1. The second-order valence-electron chi connectivity index (χ2n) is 10.1. The van der Waals surface area contributed by atoms with Crippen molar-refractivity contribution >= 4 is 5.82 Å². The van der Waals surface area contributed by atoms with Crippen LogP contribution >= 0.6 is 0 Å². The Balaban J connectivity index is 1.29. The summed E-state index contributed by atoms with van der Waals surface area (Å²) in [4.78, 5) is 10.2. The van der Waals surface area contributed by atoms with Gasteiger partial charge in [-0.1, -0.05) is 55.5 Å². The minimum Gasteiger partial charge on any atom is -0.342 e. The van der Waals surface area contributed by atoms with Crippen molar-refractivity contribution in [1.82, 2.24) is 35.1 Å². The standard InChI is InChI=1S/C28H34N8/c1-3-7-26-29-28-25(18-34(16-20-10-11-20)19-35(28)4-2)36(26)17-21-12-14-22(15-13-21)23-8-5-6-9-24(23)27-30-32-33-31-27/h5-6,8-9,12-15,20H,3-4,7,10-11,16-19H2,1-2H3,(H,30,31,32,33). The van der Waals surface area contributed by atoms with Crippen molar-refractivity contribution in [3.8, 4) is 22.5 Å². The van der Waals surface area contributed by atoms with Crippen molar-refractivity contribution < 1.29 is 0 Å². The van der Waals surface area contributed by atoms with Gasteiger partial charge in [0.1, 0.15) is 5.82 Å². The van der Waals surface area contributed by atoms with Gasteiger partial charge in [-0.3, -0.25) is 4.90 Å². The van der Waals surface area contributed by atoms with Gasteiger partial charge in [0.05, 0.1) is 12.4 Å². The Labute approximate surface area is 212 Å². The highest BCUT2D eigenvalue weighted by molar-refractivity contribution is 5.80. The van der Waals surface area contributed by atoms with Crippen molar-refractivity contribution in [1.29, 1.82) is 0 Å². The predicted octanol–water partition coefficient (Wildman–Crippen LogP) is 4.74. The number of hydrogen-bond donors (Lipinski definition) is 1. The number of hydrogen-bond acceptors (Lipinski definition) is 6. The minimum atomic E-state index is 0.611. The topological polar surface area (TPSA) is 78.8 Å². The lowest BCUT2D eigenvalue weighted by Crippen LogP contribution is -2.43. The molecule has 0 bridgehead atoms. The lowest BCUT2D eigenvalue weighted by Gasteiger charge is -2.36. The number of nitrogens with zero attached hydrogens (tertiary/aromatic N) is 7. The lowest BCUT2D eigenvalue weighted by atomic mass is 9.98. The molecule has 0 amide bonds. The van der Waals surface area contributed by atoms with Crippen molar-refractivity contribution in [2.75, 3.05) is 24.7 Å². The number of aromatic nitrogens is 6. The quantitative estimate of drug-likeness (QED) is 0.371. The molecule has 6 rings (SSSR count). The van der Waals surface area contributed by atoms with Crippen LogP contribution in [0, 0.1) is 5.92 Å². The molecule has 0 radical (unpaired) electrons. The zero-order chi connectivity index (χ0) is 24.5. The molecule has 2 aromatic carbocycles. The predicted molar refractivity (Wildman–Crippen MR) is 141 cm³/mol. The van der Waals surface area contributed by atoms with Crippen molar-refractivity contribution in [2.24, 2.45) is 5.92 Å². The third-order valence-corrected chi connectivity index (χ3v) is 7.36. The van der Waals surface area contributed by atoms with E-state index in [4.69, 9.17) is 4.98 Å². The van der Waals surface area contributed by atoms with Crippen molar-refractivity contribution in [2.45, 2.75) is 52.6 Å². The molecule has 0 unspecified atom stereocenters. The van der Waals surface area contributed by atoms with E-state index in [0.29, 0.717) is 5.82 Å². The maximum absolute atomic E-state index is 5.16. The summed E-state index contributed by atoms with van der Waals surface area (Å²) >= 11 is 0. The molecule has 1 aliphatic carbocycles. The number of rotatable bonds is 9. The lowest BCUT2D eigenvalue weighted by molar-refractivity contribution is 0.236. The summed E-state index contributed by atoms with van der Waals surface area (Å²) < 4.78 is 2.49. The summed E-state index contributed by atoms with van der Waals surface area (Å²) in [7, 11) is 0. The Morgan fingerprint density at radius 2 is 1.81 bits per heavy atom. The fraction of sp³-hybridized carbons (Fsp3) is 0.429. The second kappa shape index (κ2) is 9.85. The minimum absolute atomic E-state index is 0.611. The Kier molecular flexibility index (Phi) is 6.27. The van der Waals surface area contributed by atoms with Gasteiger partial charge in [0, 0.05) is 38.2 Å². The number of H-pyrrole nitrogens is 1. The third-order valence-electron chi connectivity index (χ3n) is 7.36. The first-order valence-electron chi connectivity index (χ1n) is 13.2. The fourth-order valence-electron chi connectivity index (χ4n) is 5.32. The molecule has 186 valence electrons. The number of nitrogens with one attached hydrogen (secondary N) is 1. The van der Waals surface area contributed by atoms with E-state index >= 15 is 0 Å². The van der Waals surface area contributed by atoms with Crippen LogP contribution in [-0.2, 0) is 19.5 Å². The maximum atomic E-state index is 5.16.